The fourth-order valence-electron chi connectivity index (χ4n) is 4.75. The minimum absolute atomic E-state index is 0.683. The highest BCUT2D eigenvalue weighted by molar-refractivity contribution is 5.51. The van der Waals surface area contributed by atoms with Crippen molar-refractivity contribution in [1.29, 1.82) is 0 Å². The number of fused-ring (bicyclic) bond motifs is 2. The molecular formula is C26H28N4. The highest BCUT2D eigenvalue weighted by Gasteiger charge is 2.22. The number of benzene rings is 1. The Balaban J connectivity index is 1.39. The second-order valence-electron chi connectivity index (χ2n) is 8.50. The molecule has 0 spiro atoms. The Labute approximate surface area is 178 Å². The number of nitrogens with one attached hydrogen (secondary N) is 1. The first-order valence-electron chi connectivity index (χ1n) is 10.9. The number of aromatic nitrogens is 3. The molecule has 0 fully saturated rings. The molecule has 3 aromatic rings. The standard InChI is InChI=1S/C26H28N4/c1-19-16-29-30-25(19)10-4-6-20(12-22-13-23-8-2-3-9-24(23)14-22)15-26(30)28-18-21-7-5-11-27-17-21/h2-3,5-9,11,15-17,22,28H,4,10,12-14,18H2,1H3/b20-6-,26-15?. The molecule has 0 saturated carbocycles. The second kappa shape index (κ2) is 8.31. The molecule has 1 aliphatic carbocycles. The van der Waals surface area contributed by atoms with Crippen LogP contribution in [0, 0.1) is 12.8 Å². The van der Waals surface area contributed by atoms with Crippen LogP contribution in [0.3, 0.4) is 0 Å². The second-order valence-corrected chi connectivity index (χ2v) is 8.50. The van der Waals surface area contributed by atoms with Crippen molar-refractivity contribution in [1.82, 2.24) is 20.1 Å². The van der Waals surface area contributed by atoms with Crippen molar-refractivity contribution in [3.63, 3.8) is 0 Å². The van der Waals surface area contributed by atoms with E-state index < -0.39 is 0 Å². The minimum Gasteiger partial charge on any atom is -0.366 e. The van der Waals surface area contributed by atoms with Gasteiger partial charge in [0.05, 0.1) is 6.20 Å². The van der Waals surface area contributed by atoms with Crippen molar-refractivity contribution in [2.24, 2.45) is 5.92 Å². The van der Waals surface area contributed by atoms with Gasteiger partial charge in [-0.2, -0.15) is 5.10 Å². The highest BCUT2D eigenvalue weighted by Crippen LogP contribution is 2.32. The van der Waals surface area contributed by atoms with E-state index >= 15 is 0 Å². The zero-order chi connectivity index (χ0) is 20.3. The summed E-state index contributed by atoms with van der Waals surface area (Å²) in [7, 11) is 0. The van der Waals surface area contributed by atoms with E-state index in [-0.39, 0.29) is 0 Å². The molecule has 4 nitrogen and oxygen atoms in total. The van der Waals surface area contributed by atoms with Crippen molar-refractivity contribution >= 4 is 5.82 Å². The van der Waals surface area contributed by atoms with Crippen molar-refractivity contribution in [2.45, 2.75) is 45.6 Å². The van der Waals surface area contributed by atoms with Gasteiger partial charge in [-0.3, -0.25) is 4.98 Å². The molecule has 5 rings (SSSR count). The molecule has 0 amide bonds. The third-order valence-corrected chi connectivity index (χ3v) is 6.27. The van der Waals surface area contributed by atoms with Gasteiger partial charge in [0.2, 0.25) is 0 Å². The molecule has 0 atom stereocenters. The van der Waals surface area contributed by atoms with Crippen LogP contribution in [-0.2, 0) is 25.8 Å². The molecule has 4 heteroatoms. The lowest BCUT2D eigenvalue weighted by Gasteiger charge is -2.19. The zero-order valence-corrected chi connectivity index (χ0v) is 17.5. The lowest BCUT2D eigenvalue weighted by molar-refractivity contribution is 0.559. The number of aryl methyl sites for hydroxylation is 1. The van der Waals surface area contributed by atoms with Gasteiger partial charge in [-0.25, -0.2) is 4.68 Å². The normalized spacial score (nSPS) is 17.9. The number of rotatable bonds is 5. The van der Waals surface area contributed by atoms with Gasteiger partial charge in [0, 0.05) is 24.6 Å². The summed E-state index contributed by atoms with van der Waals surface area (Å²) in [6, 6.07) is 13.0. The van der Waals surface area contributed by atoms with Crippen LogP contribution >= 0.6 is 0 Å². The summed E-state index contributed by atoms with van der Waals surface area (Å²) < 4.78 is 2.10. The molecule has 0 unspecified atom stereocenters. The summed E-state index contributed by atoms with van der Waals surface area (Å²) >= 11 is 0. The molecule has 2 aromatic heterocycles. The maximum absolute atomic E-state index is 4.69. The Morgan fingerprint density at radius 1 is 1.07 bits per heavy atom. The molecule has 0 saturated heterocycles. The van der Waals surface area contributed by atoms with Gasteiger partial charge in [0.25, 0.3) is 0 Å². The Kier molecular flexibility index (Phi) is 5.22. The van der Waals surface area contributed by atoms with E-state index in [9.17, 15) is 0 Å². The summed E-state index contributed by atoms with van der Waals surface area (Å²) in [5, 5.41) is 8.32. The largest absolute Gasteiger partial charge is 0.366 e. The first kappa shape index (κ1) is 18.9. The summed E-state index contributed by atoms with van der Waals surface area (Å²) in [6.45, 7) is 2.89. The molecule has 30 heavy (non-hydrogen) atoms. The molecule has 3 heterocycles. The predicted octanol–water partition coefficient (Wildman–Crippen LogP) is 4.85. The molecule has 1 aliphatic heterocycles. The first-order chi connectivity index (χ1) is 14.8. The predicted molar refractivity (Wildman–Crippen MR) is 121 cm³/mol. The molecule has 0 radical (unpaired) electrons. The molecule has 0 bridgehead atoms. The van der Waals surface area contributed by atoms with E-state index in [1.807, 2.05) is 24.7 Å². The smallest absolute Gasteiger partial charge is 0.128 e. The van der Waals surface area contributed by atoms with Gasteiger partial charge in [-0.1, -0.05) is 36.4 Å². The van der Waals surface area contributed by atoms with Crippen LogP contribution in [0.5, 0.6) is 0 Å². The molecule has 1 aromatic carbocycles. The topological polar surface area (TPSA) is 42.7 Å². The lowest BCUT2D eigenvalue weighted by atomic mass is 9.94. The van der Waals surface area contributed by atoms with Gasteiger partial charge in [0.15, 0.2) is 0 Å². The van der Waals surface area contributed by atoms with E-state index in [1.165, 1.54) is 46.4 Å². The Morgan fingerprint density at radius 2 is 1.90 bits per heavy atom. The highest BCUT2D eigenvalue weighted by atomic mass is 15.3. The summed E-state index contributed by atoms with van der Waals surface area (Å²) in [4.78, 5) is 4.24. The van der Waals surface area contributed by atoms with Crippen LogP contribution < -0.4 is 5.32 Å². The van der Waals surface area contributed by atoms with Crippen LogP contribution in [0.4, 0.5) is 0 Å². The number of hydrogen-bond donors (Lipinski definition) is 1. The Morgan fingerprint density at radius 3 is 2.67 bits per heavy atom. The molecule has 2 aliphatic rings. The molecular weight excluding hydrogens is 368 g/mol. The van der Waals surface area contributed by atoms with Crippen LogP contribution in [0.2, 0.25) is 0 Å². The molecule has 152 valence electrons. The Hall–Kier alpha value is -3.14. The van der Waals surface area contributed by atoms with E-state index in [2.05, 4.69) is 64.4 Å². The fraction of sp³-hybridized carbons (Fsp3) is 0.308. The van der Waals surface area contributed by atoms with Crippen LogP contribution in [0.15, 0.2) is 72.7 Å². The third kappa shape index (κ3) is 3.95. The third-order valence-electron chi connectivity index (χ3n) is 6.27. The average Bonchev–Trinajstić information content (AvgIpc) is 3.32. The van der Waals surface area contributed by atoms with Crippen molar-refractivity contribution < 1.29 is 0 Å². The van der Waals surface area contributed by atoms with Crippen molar-refractivity contribution in [3.8, 4) is 0 Å². The first-order valence-corrected chi connectivity index (χ1v) is 10.9. The van der Waals surface area contributed by atoms with Gasteiger partial charge in [-0.05, 0) is 84.9 Å². The van der Waals surface area contributed by atoms with E-state index in [0.717, 1.165) is 31.6 Å². The number of nitrogens with zero attached hydrogens (tertiary/aromatic N) is 3. The minimum atomic E-state index is 0.683. The molecule has 1 N–H and O–H groups in total. The zero-order valence-electron chi connectivity index (χ0n) is 17.5. The van der Waals surface area contributed by atoms with Gasteiger partial charge in [0.1, 0.15) is 5.82 Å². The summed E-state index contributed by atoms with van der Waals surface area (Å²) in [5.74, 6) is 1.74. The fourth-order valence-corrected chi connectivity index (χ4v) is 4.75. The van der Waals surface area contributed by atoms with Gasteiger partial charge < -0.3 is 5.32 Å². The van der Waals surface area contributed by atoms with E-state index in [0.29, 0.717) is 5.92 Å². The Bertz CT molecular complexity index is 1070. The monoisotopic (exact) mass is 396 g/mol. The lowest BCUT2D eigenvalue weighted by Crippen LogP contribution is -2.21. The number of pyridine rings is 1. The van der Waals surface area contributed by atoms with Crippen molar-refractivity contribution in [3.05, 3.63) is 101 Å². The quantitative estimate of drug-likeness (QED) is 0.670. The van der Waals surface area contributed by atoms with Gasteiger partial charge >= 0.3 is 0 Å². The number of allylic oxidation sites excluding steroid dienone is 3. The maximum atomic E-state index is 4.69. The summed E-state index contributed by atoms with van der Waals surface area (Å²) in [6.07, 6.45) is 16.0. The summed E-state index contributed by atoms with van der Waals surface area (Å²) in [5.41, 5.74) is 8.19. The van der Waals surface area contributed by atoms with Crippen LogP contribution in [-0.4, -0.2) is 14.8 Å². The van der Waals surface area contributed by atoms with Gasteiger partial charge in [-0.15, -0.1) is 0 Å². The van der Waals surface area contributed by atoms with Crippen LogP contribution in [0.1, 0.15) is 40.8 Å². The van der Waals surface area contributed by atoms with E-state index in [1.54, 1.807) is 0 Å². The number of hydrogen-bond acceptors (Lipinski definition) is 3. The van der Waals surface area contributed by atoms with Crippen molar-refractivity contribution in [2.75, 3.05) is 0 Å². The SMILES string of the molecule is Cc1cnn2c1CC/C=C(/CC1Cc3ccccc3C1)C=C2NCc1cccnc1. The van der Waals surface area contributed by atoms with E-state index in [4.69, 9.17) is 5.10 Å². The van der Waals surface area contributed by atoms with Crippen LogP contribution in [0.25, 0.3) is 5.82 Å². The average molecular weight is 397 g/mol. The maximum Gasteiger partial charge on any atom is 0.128 e.